The average molecular weight is 439 g/mol. The Morgan fingerprint density at radius 3 is 2.72 bits per heavy atom. The number of aromatic nitrogens is 4. The molecular weight excluding hydrogens is 414 g/mol. The molecule has 0 bridgehead atoms. The lowest BCUT2D eigenvalue weighted by Gasteiger charge is -2.17. The second-order valence-corrected chi connectivity index (χ2v) is 8.13. The summed E-state index contributed by atoms with van der Waals surface area (Å²) >= 11 is 0. The zero-order chi connectivity index (χ0) is 22.2. The molecule has 3 aromatic rings. The van der Waals surface area contributed by atoms with Gasteiger partial charge in [-0.25, -0.2) is 4.98 Å². The molecule has 5 rings (SSSR count). The van der Waals surface area contributed by atoms with Crippen LogP contribution in [0.15, 0.2) is 36.7 Å². The topological polar surface area (TPSA) is 160 Å². The number of carbonyl (C=O) groups excluding carboxylic acids is 1. The van der Waals surface area contributed by atoms with Gasteiger partial charge in [0, 0.05) is 12.6 Å². The Hall–Kier alpha value is -3.28. The summed E-state index contributed by atoms with van der Waals surface area (Å²) in [6.07, 6.45) is -0.952. The maximum absolute atomic E-state index is 12.4. The maximum Gasteiger partial charge on any atom is 0.252 e. The molecule has 1 aromatic carbocycles. The van der Waals surface area contributed by atoms with E-state index in [1.54, 1.807) is 0 Å². The summed E-state index contributed by atoms with van der Waals surface area (Å²) in [7, 11) is 0. The first-order chi connectivity index (χ1) is 15.5. The Morgan fingerprint density at radius 1 is 1.19 bits per heavy atom. The van der Waals surface area contributed by atoms with E-state index < -0.39 is 30.4 Å². The average Bonchev–Trinajstić information content (AvgIpc) is 3.42. The molecule has 4 atom stereocenters. The van der Waals surface area contributed by atoms with Crippen LogP contribution in [0.2, 0.25) is 0 Å². The standard InChI is InChI=1S/C21H25N7O4/c22-17-13-18(27-21(26-17)23-9-8-11-4-2-1-3-5-11)28(10-24-13)20-15(30)14(29)16(32-20)19(31)25-12-6-7-12/h1-5,10,12,14-16,20,29-30H,6-9H2,(H,25,31)(H3,22,23,26,27)/t14-,15+,16-,20+/m0/s1. The second kappa shape index (κ2) is 8.34. The van der Waals surface area contributed by atoms with Gasteiger partial charge >= 0.3 is 0 Å². The third-order valence-electron chi connectivity index (χ3n) is 5.68. The Balaban J connectivity index is 1.35. The van der Waals surface area contributed by atoms with Crippen LogP contribution in [0.4, 0.5) is 11.8 Å². The largest absolute Gasteiger partial charge is 0.387 e. The molecule has 1 aliphatic carbocycles. The van der Waals surface area contributed by atoms with E-state index in [1.807, 2.05) is 30.3 Å². The lowest BCUT2D eigenvalue weighted by molar-refractivity contribution is -0.137. The first kappa shape index (κ1) is 20.6. The molecule has 11 heteroatoms. The molecule has 0 radical (unpaired) electrons. The fourth-order valence-corrected chi connectivity index (χ4v) is 3.78. The van der Waals surface area contributed by atoms with Crippen LogP contribution in [-0.4, -0.2) is 66.5 Å². The fraction of sp³-hybridized carbons (Fsp3) is 0.429. The van der Waals surface area contributed by atoms with E-state index in [-0.39, 0.29) is 11.9 Å². The van der Waals surface area contributed by atoms with Crippen LogP contribution in [0.5, 0.6) is 0 Å². The Bertz CT molecular complexity index is 1120. The number of nitrogen functional groups attached to an aromatic ring is 1. The van der Waals surface area contributed by atoms with E-state index in [4.69, 9.17) is 10.5 Å². The first-order valence-electron chi connectivity index (χ1n) is 10.6. The number of fused-ring (bicyclic) bond motifs is 1. The van der Waals surface area contributed by atoms with Gasteiger partial charge in [-0.1, -0.05) is 30.3 Å². The van der Waals surface area contributed by atoms with Crippen molar-refractivity contribution in [1.82, 2.24) is 24.8 Å². The molecule has 2 aliphatic rings. The Labute approximate surface area is 183 Å². The fourth-order valence-electron chi connectivity index (χ4n) is 3.78. The van der Waals surface area contributed by atoms with E-state index >= 15 is 0 Å². The van der Waals surface area contributed by atoms with Crippen molar-refractivity contribution in [2.45, 2.75) is 49.8 Å². The minimum absolute atomic E-state index is 0.112. The van der Waals surface area contributed by atoms with Gasteiger partial charge in [0.15, 0.2) is 23.8 Å². The molecule has 1 aliphatic heterocycles. The van der Waals surface area contributed by atoms with Crippen LogP contribution in [0.1, 0.15) is 24.6 Å². The van der Waals surface area contributed by atoms with Crippen molar-refractivity contribution in [3.8, 4) is 0 Å². The van der Waals surface area contributed by atoms with Gasteiger partial charge in [0.1, 0.15) is 17.7 Å². The van der Waals surface area contributed by atoms with Crippen LogP contribution >= 0.6 is 0 Å². The smallest absolute Gasteiger partial charge is 0.252 e. The van der Waals surface area contributed by atoms with Gasteiger partial charge in [0.05, 0.1) is 6.33 Å². The predicted molar refractivity (Wildman–Crippen MR) is 115 cm³/mol. The highest BCUT2D eigenvalue weighted by Crippen LogP contribution is 2.33. The number of nitrogens with two attached hydrogens (primary N) is 1. The van der Waals surface area contributed by atoms with Crippen molar-refractivity contribution < 1.29 is 19.7 Å². The number of amides is 1. The summed E-state index contributed by atoms with van der Waals surface area (Å²) in [6, 6.07) is 10.1. The van der Waals surface area contributed by atoms with Gasteiger partial charge in [-0.3, -0.25) is 9.36 Å². The third kappa shape index (κ3) is 3.97. The lowest BCUT2D eigenvalue weighted by Crippen LogP contribution is -2.43. The summed E-state index contributed by atoms with van der Waals surface area (Å²) in [4.78, 5) is 25.4. The number of rotatable bonds is 7. The number of aliphatic hydroxyl groups is 2. The number of benzene rings is 1. The Morgan fingerprint density at radius 2 is 1.97 bits per heavy atom. The number of hydrogen-bond donors (Lipinski definition) is 5. The normalized spacial score (nSPS) is 25.2. The highest BCUT2D eigenvalue weighted by Gasteiger charge is 2.48. The number of nitrogens with one attached hydrogen (secondary N) is 2. The zero-order valence-electron chi connectivity index (χ0n) is 17.3. The van der Waals surface area contributed by atoms with Gasteiger partial charge in [-0.2, -0.15) is 9.97 Å². The zero-order valence-corrected chi connectivity index (χ0v) is 17.3. The molecule has 1 saturated heterocycles. The SMILES string of the molecule is Nc1nc(NCCc2ccccc2)nc2c1ncn2[C@@H]1O[C@H](C(=O)NC2CC2)[C@@H](O)[C@H]1O. The monoisotopic (exact) mass is 439 g/mol. The summed E-state index contributed by atoms with van der Waals surface area (Å²) in [5.74, 6) is 0.0409. The van der Waals surface area contributed by atoms with E-state index in [0.29, 0.717) is 23.7 Å². The number of imidazole rings is 1. The van der Waals surface area contributed by atoms with Crippen LogP contribution in [0.25, 0.3) is 11.2 Å². The van der Waals surface area contributed by atoms with Gasteiger partial charge in [0.2, 0.25) is 5.95 Å². The minimum atomic E-state index is -1.38. The molecular formula is C21H25N7O4. The highest BCUT2D eigenvalue weighted by molar-refractivity contribution is 5.84. The Kier molecular flexibility index (Phi) is 5.37. The van der Waals surface area contributed by atoms with E-state index in [1.165, 1.54) is 16.5 Å². The molecule has 11 nitrogen and oxygen atoms in total. The number of ether oxygens (including phenoxy) is 1. The van der Waals surface area contributed by atoms with Crippen molar-refractivity contribution >= 4 is 28.8 Å². The highest BCUT2D eigenvalue weighted by atomic mass is 16.6. The molecule has 3 heterocycles. The van der Waals surface area contributed by atoms with Crippen molar-refractivity contribution in [3.05, 3.63) is 42.2 Å². The minimum Gasteiger partial charge on any atom is -0.387 e. The number of hydrogen-bond acceptors (Lipinski definition) is 9. The number of nitrogens with zero attached hydrogens (tertiary/aromatic N) is 4. The van der Waals surface area contributed by atoms with Gasteiger partial charge in [-0.05, 0) is 24.8 Å². The molecule has 6 N–H and O–H groups in total. The molecule has 1 amide bonds. The van der Waals surface area contributed by atoms with E-state index in [2.05, 4.69) is 25.6 Å². The third-order valence-corrected chi connectivity index (χ3v) is 5.68. The van der Waals surface area contributed by atoms with Crippen LogP contribution in [-0.2, 0) is 16.0 Å². The van der Waals surface area contributed by atoms with Gasteiger partial charge < -0.3 is 31.3 Å². The summed E-state index contributed by atoms with van der Waals surface area (Å²) in [5, 5.41) is 26.9. The van der Waals surface area contributed by atoms with Crippen molar-refractivity contribution in [2.75, 3.05) is 17.6 Å². The van der Waals surface area contributed by atoms with E-state index in [0.717, 1.165) is 19.3 Å². The molecule has 32 heavy (non-hydrogen) atoms. The maximum atomic E-state index is 12.4. The lowest BCUT2D eigenvalue weighted by atomic mass is 10.1. The molecule has 2 aromatic heterocycles. The van der Waals surface area contributed by atoms with Crippen molar-refractivity contribution in [1.29, 1.82) is 0 Å². The summed E-state index contributed by atoms with van der Waals surface area (Å²) < 4.78 is 7.20. The van der Waals surface area contributed by atoms with Gasteiger partial charge in [-0.15, -0.1) is 0 Å². The molecule has 168 valence electrons. The van der Waals surface area contributed by atoms with Crippen LogP contribution in [0.3, 0.4) is 0 Å². The molecule has 2 fully saturated rings. The summed E-state index contributed by atoms with van der Waals surface area (Å²) in [5.41, 5.74) is 7.91. The molecule has 1 saturated carbocycles. The first-order valence-corrected chi connectivity index (χ1v) is 10.6. The van der Waals surface area contributed by atoms with Crippen LogP contribution in [0, 0.1) is 0 Å². The predicted octanol–water partition coefficient (Wildman–Crippen LogP) is -0.0391. The van der Waals surface area contributed by atoms with Gasteiger partial charge in [0.25, 0.3) is 5.91 Å². The number of carbonyl (C=O) groups is 1. The summed E-state index contributed by atoms with van der Waals surface area (Å²) in [6.45, 7) is 0.591. The van der Waals surface area contributed by atoms with E-state index in [9.17, 15) is 15.0 Å². The van der Waals surface area contributed by atoms with Crippen molar-refractivity contribution in [2.24, 2.45) is 0 Å². The second-order valence-electron chi connectivity index (χ2n) is 8.13. The number of anilines is 2. The molecule has 0 unspecified atom stereocenters. The van der Waals surface area contributed by atoms with Crippen LogP contribution < -0.4 is 16.4 Å². The number of aliphatic hydroxyl groups excluding tert-OH is 2. The quantitative estimate of drug-likeness (QED) is 0.340. The molecule has 0 spiro atoms. The van der Waals surface area contributed by atoms with Crippen molar-refractivity contribution in [3.63, 3.8) is 0 Å².